The van der Waals surface area contributed by atoms with Crippen LogP contribution in [0.5, 0.6) is 5.75 Å². The maximum atomic E-state index is 13.2. The van der Waals surface area contributed by atoms with Crippen molar-refractivity contribution in [3.8, 4) is 5.75 Å². The van der Waals surface area contributed by atoms with E-state index in [-0.39, 0.29) is 23.9 Å². The van der Waals surface area contributed by atoms with Crippen LogP contribution >= 0.6 is 0 Å². The van der Waals surface area contributed by atoms with Crippen LogP contribution in [0.15, 0.2) is 36.7 Å². The molecule has 1 aliphatic heterocycles. The standard InChI is InChI=1S/C24H29F3N6O2/c1-5-16-11-28-23-30-20(6-2)21(33(23)12-16)22(34)29-15(3)31(4)18-13-32(14-18)17-7-9-19(10-8-17)35-24(25,26)27/h7-12,15,18H,5-6,13-14H2,1-4H3,(H,29,34). The van der Waals surface area contributed by atoms with E-state index in [1.165, 1.54) is 12.1 Å². The first kappa shape index (κ1) is 24.8. The predicted molar refractivity (Wildman–Crippen MR) is 126 cm³/mol. The minimum Gasteiger partial charge on any atom is -0.406 e. The molecule has 1 aliphatic rings. The summed E-state index contributed by atoms with van der Waals surface area (Å²) in [5.41, 5.74) is 3.04. The number of aryl methyl sites for hydroxylation is 2. The van der Waals surface area contributed by atoms with Crippen LogP contribution in [-0.4, -0.2) is 63.9 Å². The lowest BCUT2D eigenvalue weighted by atomic mass is 10.1. The van der Waals surface area contributed by atoms with Crippen molar-refractivity contribution in [2.45, 2.75) is 52.2 Å². The Balaban J connectivity index is 1.37. The highest BCUT2D eigenvalue weighted by Crippen LogP contribution is 2.28. The number of ether oxygens (including phenoxy) is 1. The van der Waals surface area contributed by atoms with Gasteiger partial charge in [-0.3, -0.25) is 14.1 Å². The molecule has 1 N–H and O–H groups in total. The van der Waals surface area contributed by atoms with E-state index >= 15 is 0 Å². The molecule has 1 amide bonds. The summed E-state index contributed by atoms with van der Waals surface area (Å²) in [6, 6.07) is 6.01. The summed E-state index contributed by atoms with van der Waals surface area (Å²) in [6.45, 7) is 7.30. The molecular weight excluding hydrogens is 461 g/mol. The van der Waals surface area contributed by atoms with E-state index in [1.807, 2.05) is 34.0 Å². The van der Waals surface area contributed by atoms with Crippen molar-refractivity contribution in [2.75, 3.05) is 25.0 Å². The van der Waals surface area contributed by atoms with Gasteiger partial charge in [0, 0.05) is 37.2 Å². The highest BCUT2D eigenvalue weighted by molar-refractivity contribution is 5.94. The minimum absolute atomic E-state index is 0.178. The number of nitrogens with zero attached hydrogens (tertiary/aromatic N) is 5. The normalized spacial score (nSPS) is 15.4. The smallest absolute Gasteiger partial charge is 0.406 e. The van der Waals surface area contributed by atoms with E-state index in [1.54, 1.807) is 22.7 Å². The number of aromatic nitrogens is 3. The molecule has 0 radical (unpaired) electrons. The van der Waals surface area contributed by atoms with Crippen molar-refractivity contribution in [3.63, 3.8) is 0 Å². The predicted octanol–water partition coefficient (Wildman–Crippen LogP) is 3.65. The third-order valence-electron chi connectivity index (χ3n) is 6.39. The number of alkyl halides is 3. The molecule has 8 nitrogen and oxygen atoms in total. The van der Waals surface area contributed by atoms with E-state index in [9.17, 15) is 18.0 Å². The summed E-state index contributed by atoms with van der Waals surface area (Å²) in [5.74, 6) is 0.0542. The second-order valence-corrected chi connectivity index (χ2v) is 8.66. The topological polar surface area (TPSA) is 75.0 Å². The molecule has 4 rings (SSSR count). The van der Waals surface area contributed by atoms with Gasteiger partial charge in [-0.1, -0.05) is 13.8 Å². The van der Waals surface area contributed by atoms with E-state index in [0.29, 0.717) is 36.7 Å². The Hall–Kier alpha value is -3.34. The van der Waals surface area contributed by atoms with Crippen LogP contribution in [0.3, 0.4) is 0 Å². The molecule has 1 unspecified atom stereocenters. The molecule has 188 valence electrons. The number of fused-ring (bicyclic) bond motifs is 1. The molecule has 1 aromatic carbocycles. The molecular formula is C24H29F3N6O2. The molecule has 1 fully saturated rings. The van der Waals surface area contributed by atoms with Gasteiger partial charge in [0.15, 0.2) is 0 Å². The number of carbonyl (C=O) groups is 1. The van der Waals surface area contributed by atoms with Crippen LogP contribution < -0.4 is 15.0 Å². The monoisotopic (exact) mass is 490 g/mol. The van der Waals surface area contributed by atoms with Gasteiger partial charge in [0.1, 0.15) is 11.4 Å². The minimum atomic E-state index is -4.71. The lowest BCUT2D eigenvalue weighted by Gasteiger charge is -2.47. The van der Waals surface area contributed by atoms with E-state index in [4.69, 9.17) is 0 Å². The number of anilines is 1. The highest BCUT2D eigenvalue weighted by Gasteiger charge is 2.34. The second-order valence-electron chi connectivity index (χ2n) is 8.66. The Morgan fingerprint density at radius 1 is 1.23 bits per heavy atom. The lowest BCUT2D eigenvalue weighted by molar-refractivity contribution is -0.274. The maximum Gasteiger partial charge on any atom is 0.573 e. The number of benzene rings is 1. The van der Waals surface area contributed by atoms with Gasteiger partial charge < -0.3 is 15.0 Å². The Morgan fingerprint density at radius 2 is 1.91 bits per heavy atom. The van der Waals surface area contributed by atoms with Gasteiger partial charge in [0.05, 0.1) is 11.9 Å². The molecule has 0 spiro atoms. The van der Waals surface area contributed by atoms with Crippen molar-refractivity contribution in [1.82, 2.24) is 24.6 Å². The summed E-state index contributed by atoms with van der Waals surface area (Å²) < 4.78 is 42.7. The quantitative estimate of drug-likeness (QED) is 0.486. The summed E-state index contributed by atoms with van der Waals surface area (Å²) >= 11 is 0. The van der Waals surface area contributed by atoms with Crippen LogP contribution in [0.4, 0.5) is 18.9 Å². The summed E-state index contributed by atoms with van der Waals surface area (Å²) in [7, 11) is 1.94. The molecule has 2 aromatic heterocycles. The Labute approximate surface area is 201 Å². The number of rotatable bonds is 8. The Morgan fingerprint density at radius 3 is 2.51 bits per heavy atom. The second kappa shape index (κ2) is 9.73. The summed E-state index contributed by atoms with van der Waals surface area (Å²) in [6.07, 6.45) is 0.157. The summed E-state index contributed by atoms with van der Waals surface area (Å²) in [5, 5.41) is 3.08. The van der Waals surface area contributed by atoms with Gasteiger partial charge in [-0.15, -0.1) is 13.2 Å². The van der Waals surface area contributed by atoms with Gasteiger partial charge in [-0.2, -0.15) is 0 Å². The van der Waals surface area contributed by atoms with Crippen molar-refractivity contribution in [1.29, 1.82) is 0 Å². The number of hydrogen-bond donors (Lipinski definition) is 1. The fourth-order valence-corrected chi connectivity index (χ4v) is 4.15. The average Bonchev–Trinajstić information content (AvgIpc) is 3.15. The fraction of sp³-hybridized carbons (Fsp3) is 0.458. The maximum absolute atomic E-state index is 13.2. The average molecular weight is 491 g/mol. The number of carbonyl (C=O) groups excluding carboxylic acids is 1. The molecule has 0 aliphatic carbocycles. The number of likely N-dealkylation sites (N-methyl/N-ethyl adjacent to an activating group) is 1. The molecule has 1 atom stereocenters. The zero-order valence-electron chi connectivity index (χ0n) is 20.1. The lowest BCUT2D eigenvalue weighted by Crippen LogP contribution is -2.62. The van der Waals surface area contributed by atoms with E-state index in [0.717, 1.165) is 17.7 Å². The van der Waals surface area contributed by atoms with Crippen LogP contribution in [-0.2, 0) is 12.8 Å². The third kappa shape index (κ3) is 5.34. The van der Waals surface area contributed by atoms with E-state index in [2.05, 4.69) is 29.8 Å². The zero-order chi connectivity index (χ0) is 25.3. The first-order valence-corrected chi connectivity index (χ1v) is 11.6. The number of halogens is 3. The molecule has 3 heterocycles. The summed E-state index contributed by atoms with van der Waals surface area (Å²) in [4.78, 5) is 26.3. The van der Waals surface area contributed by atoms with Crippen molar-refractivity contribution in [2.24, 2.45) is 0 Å². The Kier molecular flexibility index (Phi) is 6.88. The number of amides is 1. The first-order valence-electron chi connectivity index (χ1n) is 11.6. The highest BCUT2D eigenvalue weighted by atomic mass is 19.4. The number of nitrogens with one attached hydrogen (secondary N) is 1. The largest absolute Gasteiger partial charge is 0.573 e. The van der Waals surface area contributed by atoms with Gasteiger partial charge in [0.25, 0.3) is 5.91 Å². The molecule has 11 heteroatoms. The first-order chi connectivity index (χ1) is 16.6. The molecule has 35 heavy (non-hydrogen) atoms. The van der Waals surface area contributed by atoms with Crippen molar-refractivity contribution in [3.05, 3.63) is 53.6 Å². The van der Waals surface area contributed by atoms with Crippen LogP contribution in [0.1, 0.15) is 42.5 Å². The van der Waals surface area contributed by atoms with E-state index < -0.39 is 6.36 Å². The zero-order valence-corrected chi connectivity index (χ0v) is 20.1. The Bertz CT molecular complexity index is 1190. The molecule has 0 bridgehead atoms. The van der Waals surface area contributed by atoms with Gasteiger partial charge in [-0.25, -0.2) is 9.97 Å². The van der Waals surface area contributed by atoms with Gasteiger partial charge in [-0.05, 0) is 56.6 Å². The van der Waals surface area contributed by atoms with Crippen molar-refractivity contribution >= 4 is 17.4 Å². The third-order valence-corrected chi connectivity index (χ3v) is 6.39. The van der Waals surface area contributed by atoms with Crippen LogP contribution in [0.25, 0.3) is 5.78 Å². The fourth-order valence-electron chi connectivity index (χ4n) is 4.15. The molecule has 0 saturated carbocycles. The van der Waals surface area contributed by atoms with Crippen LogP contribution in [0.2, 0.25) is 0 Å². The number of hydrogen-bond acceptors (Lipinski definition) is 6. The van der Waals surface area contributed by atoms with Crippen molar-refractivity contribution < 1.29 is 22.7 Å². The van der Waals surface area contributed by atoms with Gasteiger partial charge in [0.2, 0.25) is 5.78 Å². The van der Waals surface area contributed by atoms with Gasteiger partial charge >= 0.3 is 6.36 Å². The molecule has 3 aromatic rings. The SMILES string of the molecule is CCc1cnc2nc(CC)c(C(=O)NC(C)N(C)C3CN(c4ccc(OC(F)(F)F)cc4)C3)n2c1. The van der Waals surface area contributed by atoms with Crippen LogP contribution in [0, 0.1) is 0 Å². The number of imidazole rings is 1. The molecule has 1 saturated heterocycles.